The second-order valence-corrected chi connectivity index (χ2v) is 6.26. The van der Waals surface area contributed by atoms with E-state index in [4.69, 9.17) is 11.6 Å². The van der Waals surface area contributed by atoms with Crippen LogP contribution in [0.25, 0.3) is 0 Å². The van der Waals surface area contributed by atoms with Gasteiger partial charge in [0, 0.05) is 18.0 Å². The highest BCUT2D eigenvalue weighted by Crippen LogP contribution is 2.31. The Hall–Kier alpha value is -2.17. The summed E-state index contributed by atoms with van der Waals surface area (Å²) in [7, 11) is 0. The van der Waals surface area contributed by atoms with Crippen molar-refractivity contribution in [1.29, 1.82) is 0 Å². The van der Waals surface area contributed by atoms with Gasteiger partial charge in [-0.2, -0.15) is 26.3 Å². The van der Waals surface area contributed by atoms with Gasteiger partial charge in [0.25, 0.3) is 0 Å². The molecule has 0 saturated carbocycles. The normalized spacial score (nSPS) is 18.0. The van der Waals surface area contributed by atoms with Gasteiger partial charge in [-0.15, -0.1) is 0 Å². The smallest absolute Gasteiger partial charge is 0.422 e. The van der Waals surface area contributed by atoms with Crippen molar-refractivity contribution in [2.24, 2.45) is 5.92 Å². The van der Waals surface area contributed by atoms with Crippen LogP contribution in [0.3, 0.4) is 0 Å². The lowest BCUT2D eigenvalue weighted by Gasteiger charge is -2.19. The number of carbonyl (C=O) groups excluding carboxylic acids is 2. The molecule has 0 aliphatic carbocycles. The summed E-state index contributed by atoms with van der Waals surface area (Å²) < 4.78 is 78.8. The molecule has 1 N–H and O–H groups in total. The molecule has 0 unspecified atom stereocenters. The zero-order chi connectivity index (χ0) is 20.4. The Morgan fingerprint density at radius 2 is 1.89 bits per heavy atom. The summed E-state index contributed by atoms with van der Waals surface area (Å²) in [5, 5.41) is 2.35. The van der Waals surface area contributed by atoms with Crippen LogP contribution in [0.4, 0.5) is 32.0 Å². The van der Waals surface area contributed by atoms with E-state index in [0.717, 1.165) is 12.1 Å². The van der Waals surface area contributed by atoms with Crippen LogP contribution in [0.2, 0.25) is 5.02 Å². The summed E-state index contributed by atoms with van der Waals surface area (Å²) in [5.74, 6) is -3.07. The van der Waals surface area contributed by atoms with E-state index in [1.807, 2.05) is 0 Å². The molecule has 1 fully saturated rings. The first-order valence-electron chi connectivity index (χ1n) is 7.48. The minimum absolute atomic E-state index is 0.0888. The maximum atomic E-state index is 12.4. The molecule has 1 atom stereocenters. The van der Waals surface area contributed by atoms with E-state index in [9.17, 15) is 35.9 Å². The Bertz CT molecular complexity index is 722. The van der Waals surface area contributed by atoms with Gasteiger partial charge in [-0.25, -0.2) is 0 Å². The van der Waals surface area contributed by atoms with E-state index in [-0.39, 0.29) is 16.5 Å². The number of benzene rings is 1. The van der Waals surface area contributed by atoms with Crippen LogP contribution >= 0.6 is 11.6 Å². The summed E-state index contributed by atoms with van der Waals surface area (Å²) in [5.41, 5.74) is -0.182. The third-order valence-corrected chi connectivity index (χ3v) is 3.78. The summed E-state index contributed by atoms with van der Waals surface area (Å²) >= 11 is 5.75. The lowest BCUT2D eigenvalue weighted by atomic mass is 10.1. The number of likely N-dealkylation sites (tertiary alicyclic amines) is 1. The molecule has 2 rings (SSSR count). The molecule has 1 aromatic rings. The Kier molecular flexibility index (Phi) is 6.13. The van der Waals surface area contributed by atoms with Crippen LogP contribution < -0.4 is 10.1 Å². The van der Waals surface area contributed by atoms with Gasteiger partial charge in [0.2, 0.25) is 11.8 Å². The van der Waals surface area contributed by atoms with Crippen molar-refractivity contribution in [3.63, 3.8) is 0 Å². The van der Waals surface area contributed by atoms with E-state index >= 15 is 0 Å². The van der Waals surface area contributed by atoms with Gasteiger partial charge in [-0.3, -0.25) is 9.59 Å². The summed E-state index contributed by atoms with van der Waals surface area (Å²) in [6.45, 7) is -3.55. The lowest BCUT2D eigenvalue weighted by molar-refractivity contribution is -0.157. The molecule has 0 bridgehead atoms. The van der Waals surface area contributed by atoms with Gasteiger partial charge in [-0.1, -0.05) is 11.6 Å². The molecular weight excluding hydrogens is 406 g/mol. The minimum atomic E-state index is -4.61. The quantitative estimate of drug-likeness (QED) is 0.743. The van der Waals surface area contributed by atoms with E-state index in [1.165, 1.54) is 6.07 Å². The van der Waals surface area contributed by atoms with Crippen molar-refractivity contribution >= 4 is 29.1 Å². The number of amides is 2. The van der Waals surface area contributed by atoms with Gasteiger partial charge in [0.05, 0.1) is 11.6 Å². The van der Waals surface area contributed by atoms with Crippen LogP contribution in [-0.4, -0.2) is 48.8 Å². The number of alkyl halides is 6. The van der Waals surface area contributed by atoms with Gasteiger partial charge in [-0.05, 0) is 18.2 Å². The first kappa shape index (κ1) is 21.1. The number of hydrogen-bond donors (Lipinski definition) is 1. The zero-order valence-corrected chi connectivity index (χ0v) is 14.2. The number of rotatable bonds is 5. The number of halogens is 7. The average Bonchev–Trinajstić information content (AvgIpc) is 2.85. The first-order chi connectivity index (χ1) is 12.3. The summed E-state index contributed by atoms with van der Waals surface area (Å²) in [6, 6.07) is 3.49. The predicted octanol–water partition coefficient (Wildman–Crippen LogP) is 3.63. The highest BCUT2D eigenvalue weighted by molar-refractivity contribution is 6.31. The van der Waals surface area contributed by atoms with E-state index in [0.29, 0.717) is 4.90 Å². The van der Waals surface area contributed by atoms with Crippen molar-refractivity contribution < 1.29 is 40.7 Å². The molecule has 1 saturated heterocycles. The molecule has 2 amide bonds. The second kappa shape index (κ2) is 7.83. The van der Waals surface area contributed by atoms with Crippen LogP contribution in [0, 0.1) is 5.92 Å². The molecule has 0 radical (unpaired) electrons. The highest BCUT2D eigenvalue weighted by atomic mass is 35.5. The SMILES string of the molecule is O=C(Nc1cc(Cl)ccc1OCC(F)(F)F)[C@H]1CC(=O)N(CC(F)(F)F)C1. The molecule has 27 heavy (non-hydrogen) atoms. The number of hydrogen-bond acceptors (Lipinski definition) is 3. The Morgan fingerprint density at radius 3 is 2.48 bits per heavy atom. The van der Waals surface area contributed by atoms with Crippen LogP contribution in [0.15, 0.2) is 18.2 Å². The second-order valence-electron chi connectivity index (χ2n) is 5.82. The number of anilines is 1. The first-order valence-corrected chi connectivity index (χ1v) is 7.86. The molecular formula is C15H13ClF6N2O3. The minimum Gasteiger partial charge on any atom is -0.482 e. The average molecular weight is 419 g/mol. The fraction of sp³-hybridized carbons (Fsp3) is 0.467. The van der Waals surface area contributed by atoms with Crippen LogP contribution in [-0.2, 0) is 9.59 Å². The van der Waals surface area contributed by atoms with Crippen molar-refractivity contribution in [1.82, 2.24) is 4.90 Å². The number of nitrogens with one attached hydrogen (secondary N) is 1. The molecule has 0 spiro atoms. The molecule has 1 aromatic carbocycles. The Labute approximate surface area is 154 Å². The Morgan fingerprint density at radius 1 is 1.22 bits per heavy atom. The van der Waals surface area contributed by atoms with Gasteiger partial charge < -0.3 is 15.0 Å². The number of carbonyl (C=O) groups is 2. The molecule has 5 nitrogen and oxygen atoms in total. The van der Waals surface area contributed by atoms with Gasteiger partial charge >= 0.3 is 12.4 Å². The fourth-order valence-corrected chi connectivity index (χ4v) is 2.61. The summed E-state index contributed by atoms with van der Waals surface area (Å²) in [4.78, 5) is 24.4. The predicted molar refractivity (Wildman–Crippen MR) is 82.4 cm³/mol. The summed E-state index contributed by atoms with van der Waals surface area (Å²) in [6.07, 6.45) is -9.66. The largest absolute Gasteiger partial charge is 0.482 e. The van der Waals surface area contributed by atoms with E-state index in [1.54, 1.807) is 0 Å². The van der Waals surface area contributed by atoms with Crippen molar-refractivity contribution in [2.75, 3.05) is 25.0 Å². The van der Waals surface area contributed by atoms with Crippen molar-refractivity contribution in [3.8, 4) is 5.75 Å². The number of ether oxygens (including phenoxy) is 1. The molecule has 0 aromatic heterocycles. The molecule has 1 aliphatic rings. The maximum absolute atomic E-state index is 12.4. The van der Waals surface area contributed by atoms with Crippen molar-refractivity contribution in [2.45, 2.75) is 18.8 Å². The third-order valence-electron chi connectivity index (χ3n) is 3.55. The van der Waals surface area contributed by atoms with Crippen LogP contribution in [0.1, 0.15) is 6.42 Å². The highest BCUT2D eigenvalue weighted by Gasteiger charge is 2.40. The molecule has 150 valence electrons. The molecule has 1 heterocycles. The topological polar surface area (TPSA) is 58.6 Å². The van der Waals surface area contributed by atoms with E-state index in [2.05, 4.69) is 10.1 Å². The number of nitrogens with zero attached hydrogens (tertiary/aromatic N) is 1. The Balaban J connectivity index is 2.07. The van der Waals surface area contributed by atoms with E-state index < -0.39 is 56.2 Å². The third kappa shape index (κ3) is 6.49. The maximum Gasteiger partial charge on any atom is 0.422 e. The lowest BCUT2D eigenvalue weighted by Crippen LogP contribution is -2.36. The van der Waals surface area contributed by atoms with Crippen LogP contribution in [0.5, 0.6) is 5.75 Å². The molecule has 1 aliphatic heterocycles. The molecule has 12 heteroatoms. The van der Waals surface area contributed by atoms with Gasteiger partial charge in [0.15, 0.2) is 6.61 Å². The zero-order valence-electron chi connectivity index (χ0n) is 13.5. The monoisotopic (exact) mass is 418 g/mol. The van der Waals surface area contributed by atoms with Gasteiger partial charge in [0.1, 0.15) is 12.3 Å². The van der Waals surface area contributed by atoms with Crippen molar-refractivity contribution in [3.05, 3.63) is 23.2 Å². The standard InChI is InChI=1S/C15H13ClF6N2O3/c16-9-1-2-11(27-7-15(20,21)22)10(4-9)23-13(26)8-3-12(25)24(5-8)6-14(17,18)19/h1-2,4,8H,3,5-7H2,(H,23,26)/t8-/m0/s1. The fourth-order valence-electron chi connectivity index (χ4n) is 2.44.